The van der Waals surface area contributed by atoms with E-state index in [1.807, 2.05) is 51.2 Å². The van der Waals surface area contributed by atoms with Crippen molar-refractivity contribution in [1.29, 1.82) is 0 Å². The Labute approximate surface area is 124 Å². The number of nitrogens with zero attached hydrogens (tertiary/aromatic N) is 2. The molecule has 0 aliphatic carbocycles. The van der Waals surface area contributed by atoms with Gasteiger partial charge in [0.15, 0.2) is 0 Å². The van der Waals surface area contributed by atoms with Crippen LogP contribution < -0.4 is 10.1 Å². The number of hydrogen-bond acceptors (Lipinski definition) is 3. The number of benzene rings is 1. The highest BCUT2D eigenvalue weighted by molar-refractivity contribution is 5.90. The van der Waals surface area contributed by atoms with Crippen molar-refractivity contribution in [2.75, 3.05) is 11.9 Å². The molecule has 0 radical (unpaired) electrons. The molecule has 0 spiro atoms. The van der Waals surface area contributed by atoms with Crippen LogP contribution in [0.2, 0.25) is 0 Å². The van der Waals surface area contributed by atoms with Crippen molar-refractivity contribution in [3.05, 3.63) is 41.6 Å². The number of carbonyl (C=O) groups excluding carboxylic acids is 1. The summed E-state index contributed by atoms with van der Waals surface area (Å²) in [5.74, 6) is 1.55. The first-order valence-electron chi connectivity index (χ1n) is 7.11. The number of carbonyl (C=O) groups is 1. The number of anilines is 1. The molecule has 0 fully saturated rings. The van der Waals surface area contributed by atoms with E-state index in [2.05, 4.69) is 10.4 Å². The number of para-hydroxylation sites is 1. The van der Waals surface area contributed by atoms with Crippen LogP contribution >= 0.6 is 0 Å². The fourth-order valence-corrected chi connectivity index (χ4v) is 2.19. The number of ether oxygens (including phenoxy) is 1. The number of hydrogen-bond donors (Lipinski definition) is 1. The zero-order valence-electron chi connectivity index (χ0n) is 12.7. The van der Waals surface area contributed by atoms with Gasteiger partial charge in [0.25, 0.3) is 0 Å². The van der Waals surface area contributed by atoms with Crippen molar-refractivity contribution in [3.63, 3.8) is 0 Å². The van der Waals surface area contributed by atoms with Crippen LogP contribution in [0.5, 0.6) is 5.75 Å². The van der Waals surface area contributed by atoms with E-state index >= 15 is 0 Å². The summed E-state index contributed by atoms with van der Waals surface area (Å²) in [5, 5.41) is 7.08. The minimum atomic E-state index is -0.0238. The normalized spacial score (nSPS) is 10.4. The Morgan fingerprint density at radius 2 is 2.14 bits per heavy atom. The fourth-order valence-electron chi connectivity index (χ4n) is 2.19. The van der Waals surface area contributed by atoms with Crippen LogP contribution in [-0.2, 0) is 18.3 Å². The molecule has 1 aromatic carbocycles. The molecule has 1 heterocycles. The van der Waals surface area contributed by atoms with Gasteiger partial charge in [-0.25, -0.2) is 0 Å². The average molecular weight is 287 g/mol. The Morgan fingerprint density at radius 3 is 2.81 bits per heavy atom. The van der Waals surface area contributed by atoms with E-state index in [4.69, 9.17) is 4.74 Å². The van der Waals surface area contributed by atoms with Gasteiger partial charge in [-0.05, 0) is 31.9 Å². The van der Waals surface area contributed by atoms with Crippen LogP contribution in [0.3, 0.4) is 0 Å². The molecule has 1 amide bonds. The van der Waals surface area contributed by atoms with Gasteiger partial charge in [0.05, 0.1) is 12.3 Å². The summed E-state index contributed by atoms with van der Waals surface area (Å²) in [7, 11) is 1.81. The molecule has 0 saturated carbocycles. The van der Waals surface area contributed by atoms with Gasteiger partial charge < -0.3 is 10.1 Å². The molecule has 21 heavy (non-hydrogen) atoms. The molecule has 5 heteroatoms. The minimum absolute atomic E-state index is 0.0238. The third-order valence-corrected chi connectivity index (χ3v) is 3.16. The SMILES string of the molecule is CCOc1ccccc1CCC(=O)Nc1cc(C)nn1C. The fraction of sp³-hybridized carbons (Fsp3) is 0.375. The second kappa shape index (κ2) is 6.92. The molecule has 0 atom stereocenters. The topological polar surface area (TPSA) is 56.1 Å². The summed E-state index contributed by atoms with van der Waals surface area (Å²) in [4.78, 5) is 12.0. The summed E-state index contributed by atoms with van der Waals surface area (Å²) >= 11 is 0. The summed E-state index contributed by atoms with van der Waals surface area (Å²) in [6, 6.07) is 9.67. The molecular formula is C16H21N3O2. The Balaban J connectivity index is 1.94. The van der Waals surface area contributed by atoms with E-state index in [1.165, 1.54) is 0 Å². The Hall–Kier alpha value is -2.30. The van der Waals surface area contributed by atoms with Crippen LogP contribution in [0, 0.1) is 6.92 Å². The molecule has 2 rings (SSSR count). The van der Waals surface area contributed by atoms with Gasteiger partial charge in [-0.2, -0.15) is 5.10 Å². The lowest BCUT2D eigenvalue weighted by molar-refractivity contribution is -0.116. The molecule has 2 aromatic rings. The summed E-state index contributed by atoms with van der Waals surface area (Å²) in [5.41, 5.74) is 1.94. The van der Waals surface area contributed by atoms with E-state index < -0.39 is 0 Å². The van der Waals surface area contributed by atoms with E-state index in [-0.39, 0.29) is 5.91 Å². The predicted molar refractivity (Wildman–Crippen MR) is 82.5 cm³/mol. The molecule has 0 aliphatic rings. The molecule has 0 aliphatic heterocycles. The summed E-state index contributed by atoms with van der Waals surface area (Å²) in [6.45, 7) is 4.47. The van der Waals surface area contributed by atoms with Crippen molar-refractivity contribution >= 4 is 11.7 Å². The average Bonchev–Trinajstić information content (AvgIpc) is 2.76. The highest BCUT2D eigenvalue weighted by Crippen LogP contribution is 2.19. The summed E-state index contributed by atoms with van der Waals surface area (Å²) < 4.78 is 7.23. The van der Waals surface area contributed by atoms with Crippen molar-refractivity contribution in [2.45, 2.75) is 26.7 Å². The number of amides is 1. The van der Waals surface area contributed by atoms with Gasteiger partial charge in [0, 0.05) is 19.5 Å². The molecule has 0 saturated heterocycles. The summed E-state index contributed by atoms with van der Waals surface area (Å²) in [6.07, 6.45) is 1.06. The smallest absolute Gasteiger partial charge is 0.225 e. The highest BCUT2D eigenvalue weighted by Gasteiger charge is 2.09. The molecule has 5 nitrogen and oxygen atoms in total. The molecule has 1 N–H and O–H groups in total. The first-order chi connectivity index (χ1) is 10.1. The maximum absolute atomic E-state index is 12.0. The van der Waals surface area contributed by atoms with E-state index in [0.29, 0.717) is 19.4 Å². The van der Waals surface area contributed by atoms with Crippen LogP contribution in [-0.4, -0.2) is 22.3 Å². The Kier molecular flexibility index (Phi) is 4.98. The third-order valence-electron chi connectivity index (χ3n) is 3.16. The zero-order chi connectivity index (χ0) is 15.2. The lowest BCUT2D eigenvalue weighted by Gasteiger charge is -2.10. The minimum Gasteiger partial charge on any atom is -0.494 e. The Bertz CT molecular complexity index is 620. The number of aromatic nitrogens is 2. The van der Waals surface area contributed by atoms with E-state index in [9.17, 15) is 4.79 Å². The maximum atomic E-state index is 12.0. The monoisotopic (exact) mass is 287 g/mol. The number of nitrogens with one attached hydrogen (secondary N) is 1. The lowest BCUT2D eigenvalue weighted by atomic mass is 10.1. The predicted octanol–water partition coefficient (Wildman–Crippen LogP) is 2.70. The first kappa shape index (κ1) is 15.1. The number of aryl methyl sites for hydroxylation is 3. The molecule has 0 unspecified atom stereocenters. The molecule has 112 valence electrons. The van der Waals surface area contributed by atoms with Crippen molar-refractivity contribution < 1.29 is 9.53 Å². The third kappa shape index (κ3) is 4.08. The standard InChI is InChI=1S/C16H21N3O2/c1-4-21-14-8-6-5-7-13(14)9-10-16(20)17-15-11-12(2)18-19(15)3/h5-8,11H,4,9-10H2,1-3H3,(H,17,20). The van der Waals surface area contributed by atoms with Gasteiger partial charge in [-0.15, -0.1) is 0 Å². The van der Waals surface area contributed by atoms with E-state index in [1.54, 1.807) is 4.68 Å². The molecule has 0 bridgehead atoms. The molecule has 1 aromatic heterocycles. The first-order valence-corrected chi connectivity index (χ1v) is 7.11. The quantitative estimate of drug-likeness (QED) is 0.888. The van der Waals surface area contributed by atoms with Crippen molar-refractivity contribution in [3.8, 4) is 5.75 Å². The van der Waals surface area contributed by atoms with Gasteiger partial charge >= 0.3 is 0 Å². The van der Waals surface area contributed by atoms with Crippen LogP contribution in [0.4, 0.5) is 5.82 Å². The molecular weight excluding hydrogens is 266 g/mol. The second-order valence-corrected chi connectivity index (χ2v) is 4.88. The Morgan fingerprint density at radius 1 is 1.38 bits per heavy atom. The van der Waals surface area contributed by atoms with Crippen molar-refractivity contribution in [1.82, 2.24) is 9.78 Å². The van der Waals surface area contributed by atoms with Gasteiger partial charge in [-0.3, -0.25) is 9.48 Å². The maximum Gasteiger partial charge on any atom is 0.225 e. The zero-order valence-corrected chi connectivity index (χ0v) is 12.7. The number of rotatable bonds is 6. The highest BCUT2D eigenvalue weighted by atomic mass is 16.5. The van der Waals surface area contributed by atoms with Crippen molar-refractivity contribution in [2.24, 2.45) is 7.05 Å². The lowest BCUT2D eigenvalue weighted by Crippen LogP contribution is -2.15. The second-order valence-electron chi connectivity index (χ2n) is 4.88. The van der Waals surface area contributed by atoms with Crippen LogP contribution in [0.15, 0.2) is 30.3 Å². The largest absolute Gasteiger partial charge is 0.494 e. The van der Waals surface area contributed by atoms with E-state index in [0.717, 1.165) is 22.8 Å². The van der Waals surface area contributed by atoms with Gasteiger partial charge in [-0.1, -0.05) is 18.2 Å². The van der Waals surface area contributed by atoms with Crippen LogP contribution in [0.25, 0.3) is 0 Å². The van der Waals surface area contributed by atoms with Gasteiger partial charge in [0.1, 0.15) is 11.6 Å². The van der Waals surface area contributed by atoms with Crippen LogP contribution in [0.1, 0.15) is 24.6 Å². The van der Waals surface area contributed by atoms with Gasteiger partial charge in [0.2, 0.25) is 5.91 Å².